The first kappa shape index (κ1) is 17.5. The Morgan fingerprint density at radius 1 is 1.00 bits per heavy atom. The summed E-state index contributed by atoms with van der Waals surface area (Å²) in [5.41, 5.74) is 1.36. The van der Waals surface area contributed by atoms with Crippen LogP contribution in [0.2, 0.25) is 0 Å². The van der Waals surface area contributed by atoms with Gasteiger partial charge >= 0.3 is 0 Å². The molecule has 1 saturated heterocycles. The highest BCUT2D eigenvalue weighted by Gasteiger charge is 2.22. The standard InChI is InChI=1S/C21H22N2OS2/c24-21(20-9-8-19(26-20)18-7-4-14-25-18)22-17-10-12-23(13-11-17)15-16-5-2-1-3-6-16/h1-9,14,17H,10-13,15H2,(H,22,24). The van der Waals surface area contributed by atoms with Gasteiger partial charge in [0.2, 0.25) is 0 Å². The molecule has 0 saturated carbocycles. The van der Waals surface area contributed by atoms with Crippen LogP contribution in [0.4, 0.5) is 0 Å². The Bertz CT molecular complexity index is 834. The van der Waals surface area contributed by atoms with Crippen molar-refractivity contribution in [1.29, 1.82) is 0 Å². The molecule has 3 heterocycles. The number of carbonyl (C=O) groups is 1. The highest BCUT2D eigenvalue weighted by molar-refractivity contribution is 7.22. The summed E-state index contributed by atoms with van der Waals surface area (Å²) in [6, 6.07) is 19.0. The number of piperidine rings is 1. The third-order valence-electron chi connectivity index (χ3n) is 4.77. The maximum Gasteiger partial charge on any atom is 0.261 e. The third kappa shape index (κ3) is 4.23. The van der Waals surface area contributed by atoms with E-state index in [-0.39, 0.29) is 11.9 Å². The number of hydrogen-bond acceptors (Lipinski definition) is 4. The molecule has 3 nitrogen and oxygen atoms in total. The molecule has 1 aliphatic heterocycles. The molecule has 1 aromatic carbocycles. The zero-order valence-electron chi connectivity index (χ0n) is 14.6. The average Bonchev–Trinajstić information content (AvgIpc) is 3.36. The van der Waals surface area contributed by atoms with E-state index in [2.05, 4.69) is 52.0 Å². The summed E-state index contributed by atoms with van der Waals surface area (Å²) in [6.45, 7) is 3.06. The topological polar surface area (TPSA) is 32.3 Å². The number of nitrogens with one attached hydrogen (secondary N) is 1. The van der Waals surface area contributed by atoms with E-state index in [1.165, 1.54) is 15.3 Å². The molecule has 0 atom stereocenters. The van der Waals surface area contributed by atoms with Crippen LogP contribution in [0.3, 0.4) is 0 Å². The predicted molar refractivity (Wildman–Crippen MR) is 110 cm³/mol. The second-order valence-corrected chi connectivity index (χ2v) is 8.68. The summed E-state index contributed by atoms with van der Waals surface area (Å²) >= 11 is 3.29. The molecule has 5 heteroatoms. The van der Waals surface area contributed by atoms with Crippen LogP contribution in [0.1, 0.15) is 28.1 Å². The van der Waals surface area contributed by atoms with Crippen molar-refractivity contribution in [2.24, 2.45) is 0 Å². The van der Waals surface area contributed by atoms with Gasteiger partial charge in [0.1, 0.15) is 0 Å². The van der Waals surface area contributed by atoms with Crippen LogP contribution < -0.4 is 5.32 Å². The molecule has 4 rings (SSSR count). The van der Waals surface area contributed by atoms with Gasteiger partial charge in [0.25, 0.3) is 5.91 Å². The Morgan fingerprint density at radius 3 is 2.54 bits per heavy atom. The molecule has 1 aliphatic rings. The molecule has 0 unspecified atom stereocenters. The maximum atomic E-state index is 12.6. The van der Waals surface area contributed by atoms with E-state index in [1.54, 1.807) is 22.7 Å². The molecule has 1 fully saturated rings. The van der Waals surface area contributed by atoms with Gasteiger partial charge in [-0.3, -0.25) is 9.69 Å². The molecule has 0 spiro atoms. The summed E-state index contributed by atoms with van der Waals surface area (Å²) in [6.07, 6.45) is 2.03. The Kier molecular flexibility index (Phi) is 5.48. The minimum Gasteiger partial charge on any atom is -0.349 e. The lowest BCUT2D eigenvalue weighted by molar-refractivity contribution is 0.0913. The molecule has 3 aromatic rings. The average molecular weight is 383 g/mol. The Labute approximate surface area is 162 Å². The zero-order chi connectivity index (χ0) is 17.8. The first-order chi connectivity index (χ1) is 12.8. The van der Waals surface area contributed by atoms with Gasteiger partial charge in [-0.2, -0.15) is 0 Å². The monoisotopic (exact) mass is 382 g/mol. The zero-order valence-corrected chi connectivity index (χ0v) is 16.2. The van der Waals surface area contributed by atoms with E-state index in [9.17, 15) is 4.79 Å². The van der Waals surface area contributed by atoms with E-state index in [0.29, 0.717) is 0 Å². The molecule has 1 N–H and O–H groups in total. The van der Waals surface area contributed by atoms with Crippen LogP contribution >= 0.6 is 22.7 Å². The van der Waals surface area contributed by atoms with E-state index >= 15 is 0 Å². The number of amides is 1. The fourth-order valence-corrected chi connectivity index (χ4v) is 5.09. The first-order valence-electron chi connectivity index (χ1n) is 8.99. The fourth-order valence-electron chi connectivity index (χ4n) is 3.34. The molecular formula is C21H22N2OS2. The highest BCUT2D eigenvalue weighted by atomic mass is 32.1. The van der Waals surface area contributed by atoms with Gasteiger partial charge in [0, 0.05) is 35.4 Å². The van der Waals surface area contributed by atoms with E-state index in [0.717, 1.165) is 37.4 Å². The van der Waals surface area contributed by atoms with Crippen LogP contribution in [0.15, 0.2) is 60.0 Å². The number of rotatable bonds is 5. The second kappa shape index (κ2) is 8.16. The molecular weight excluding hydrogens is 360 g/mol. The number of likely N-dealkylation sites (tertiary alicyclic amines) is 1. The van der Waals surface area contributed by atoms with Crippen molar-refractivity contribution in [3.8, 4) is 9.75 Å². The number of benzene rings is 1. The minimum atomic E-state index is 0.0688. The molecule has 0 aliphatic carbocycles. The quantitative estimate of drug-likeness (QED) is 0.683. The molecule has 26 heavy (non-hydrogen) atoms. The lowest BCUT2D eigenvalue weighted by Gasteiger charge is -2.32. The summed E-state index contributed by atoms with van der Waals surface area (Å²) in [4.78, 5) is 18.2. The largest absolute Gasteiger partial charge is 0.349 e. The normalized spacial score (nSPS) is 15.8. The molecule has 0 radical (unpaired) electrons. The number of nitrogens with zero attached hydrogens (tertiary/aromatic N) is 1. The van der Waals surface area contributed by atoms with Gasteiger partial charge < -0.3 is 5.32 Å². The molecule has 2 aromatic heterocycles. The fraction of sp³-hybridized carbons (Fsp3) is 0.286. The smallest absolute Gasteiger partial charge is 0.261 e. The van der Waals surface area contributed by atoms with Crippen LogP contribution in [0.25, 0.3) is 9.75 Å². The number of thiophene rings is 2. The van der Waals surface area contributed by atoms with Crippen molar-refractivity contribution in [3.05, 3.63) is 70.4 Å². The lowest BCUT2D eigenvalue weighted by Crippen LogP contribution is -2.44. The van der Waals surface area contributed by atoms with Gasteiger partial charge in [-0.05, 0) is 42.0 Å². The van der Waals surface area contributed by atoms with Crippen molar-refractivity contribution in [2.75, 3.05) is 13.1 Å². The van der Waals surface area contributed by atoms with Gasteiger partial charge in [0.15, 0.2) is 0 Å². The Morgan fingerprint density at radius 2 is 1.81 bits per heavy atom. The van der Waals surface area contributed by atoms with Crippen molar-refractivity contribution < 1.29 is 4.79 Å². The lowest BCUT2D eigenvalue weighted by atomic mass is 10.0. The summed E-state index contributed by atoms with van der Waals surface area (Å²) < 4.78 is 0. The van der Waals surface area contributed by atoms with Crippen LogP contribution in [0.5, 0.6) is 0 Å². The SMILES string of the molecule is O=C(NC1CCN(Cc2ccccc2)CC1)c1ccc(-c2cccs2)s1. The van der Waals surface area contributed by atoms with Crippen LogP contribution in [0, 0.1) is 0 Å². The molecule has 1 amide bonds. The van der Waals surface area contributed by atoms with Crippen molar-refractivity contribution in [1.82, 2.24) is 10.2 Å². The van der Waals surface area contributed by atoms with Gasteiger partial charge in [0.05, 0.1) is 4.88 Å². The van der Waals surface area contributed by atoms with Crippen molar-refractivity contribution in [2.45, 2.75) is 25.4 Å². The van der Waals surface area contributed by atoms with Crippen molar-refractivity contribution >= 4 is 28.6 Å². The first-order valence-corrected chi connectivity index (χ1v) is 10.7. The predicted octanol–water partition coefficient (Wildman–Crippen LogP) is 4.87. The van der Waals surface area contributed by atoms with Crippen LogP contribution in [-0.2, 0) is 6.54 Å². The highest BCUT2D eigenvalue weighted by Crippen LogP contribution is 2.31. The molecule has 134 valence electrons. The molecule has 0 bridgehead atoms. The minimum absolute atomic E-state index is 0.0688. The van der Waals surface area contributed by atoms with Gasteiger partial charge in [-0.15, -0.1) is 22.7 Å². The van der Waals surface area contributed by atoms with E-state index in [1.807, 2.05) is 18.2 Å². The summed E-state index contributed by atoms with van der Waals surface area (Å²) in [5.74, 6) is 0.0688. The summed E-state index contributed by atoms with van der Waals surface area (Å²) in [7, 11) is 0. The van der Waals surface area contributed by atoms with Gasteiger partial charge in [-0.1, -0.05) is 36.4 Å². The maximum absolute atomic E-state index is 12.6. The number of hydrogen-bond donors (Lipinski definition) is 1. The summed E-state index contributed by atoms with van der Waals surface area (Å²) in [5, 5.41) is 5.29. The third-order valence-corrected chi connectivity index (χ3v) is 6.92. The Balaban J connectivity index is 1.28. The number of carbonyl (C=O) groups excluding carboxylic acids is 1. The van der Waals surface area contributed by atoms with Crippen molar-refractivity contribution in [3.63, 3.8) is 0 Å². The van der Waals surface area contributed by atoms with E-state index in [4.69, 9.17) is 0 Å². The Hall–Kier alpha value is -1.95. The van der Waals surface area contributed by atoms with E-state index < -0.39 is 0 Å². The second-order valence-electron chi connectivity index (χ2n) is 6.65. The van der Waals surface area contributed by atoms with Gasteiger partial charge in [-0.25, -0.2) is 0 Å². The van der Waals surface area contributed by atoms with Crippen LogP contribution in [-0.4, -0.2) is 29.9 Å².